The maximum Gasteiger partial charge on any atom is 0.101 e. The summed E-state index contributed by atoms with van der Waals surface area (Å²) in [7, 11) is 1.77. The van der Waals surface area contributed by atoms with Gasteiger partial charge < -0.3 is 15.0 Å². The first kappa shape index (κ1) is 15.8. The van der Waals surface area contributed by atoms with Gasteiger partial charge in [0.25, 0.3) is 0 Å². The van der Waals surface area contributed by atoms with Crippen molar-refractivity contribution in [3.8, 4) is 6.07 Å². The molecular weight excluding hydrogens is 262 g/mol. The van der Waals surface area contributed by atoms with Crippen molar-refractivity contribution in [3.63, 3.8) is 0 Å². The molecule has 0 bridgehead atoms. The molecule has 1 aliphatic heterocycles. The van der Waals surface area contributed by atoms with Crippen molar-refractivity contribution in [1.82, 2.24) is 5.32 Å². The minimum absolute atomic E-state index is 0.274. The summed E-state index contributed by atoms with van der Waals surface area (Å²) in [4.78, 5) is 2.28. The number of benzene rings is 1. The first-order chi connectivity index (χ1) is 10.3. The summed E-state index contributed by atoms with van der Waals surface area (Å²) in [5.74, 6) is 0. The zero-order chi connectivity index (χ0) is 15.1. The van der Waals surface area contributed by atoms with Crippen molar-refractivity contribution in [2.75, 3.05) is 31.6 Å². The molecule has 1 aliphatic rings. The van der Waals surface area contributed by atoms with Crippen LogP contribution in [-0.2, 0) is 11.3 Å². The summed E-state index contributed by atoms with van der Waals surface area (Å²) < 4.78 is 5.47. The molecule has 1 fully saturated rings. The van der Waals surface area contributed by atoms with E-state index in [2.05, 4.69) is 35.3 Å². The van der Waals surface area contributed by atoms with Gasteiger partial charge in [0.1, 0.15) is 6.07 Å². The van der Waals surface area contributed by atoms with Crippen LogP contribution < -0.4 is 10.2 Å². The van der Waals surface area contributed by atoms with Gasteiger partial charge >= 0.3 is 0 Å². The van der Waals surface area contributed by atoms with Crippen molar-refractivity contribution in [2.45, 2.75) is 38.8 Å². The van der Waals surface area contributed by atoms with Crippen LogP contribution in [0.15, 0.2) is 18.2 Å². The molecule has 1 N–H and O–H groups in total. The average molecular weight is 287 g/mol. The van der Waals surface area contributed by atoms with E-state index in [9.17, 15) is 5.26 Å². The van der Waals surface area contributed by atoms with Crippen molar-refractivity contribution in [2.24, 2.45) is 0 Å². The van der Waals surface area contributed by atoms with Crippen LogP contribution in [0.4, 0.5) is 5.69 Å². The lowest BCUT2D eigenvalue weighted by Gasteiger charge is -2.34. The molecule has 1 unspecified atom stereocenters. The standard InChI is InChI=1S/C17H25N3O/c1-3-8-19-12-14-6-7-17(15(10-14)11-18)20-9-4-5-16(13-20)21-2/h6-7,10,16,19H,3-5,8-9,12-13H2,1-2H3. The molecule has 0 radical (unpaired) electrons. The lowest BCUT2D eigenvalue weighted by Crippen LogP contribution is -2.39. The van der Waals surface area contributed by atoms with Crippen molar-refractivity contribution >= 4 is 5.69 Å². The Morgan fingerprint density at radius 1 is 1.48 bits per heavy atom. The van der Waals surface area contributed by atoms with Crippen molar-refractivity contribution in [3.05, 3.63) is 29.3 Å². The third kappa shape index (κ3) is 4.20. The van der Waals surface area contributed by atoms with Gasteiger partial charge in [-0.1, -0.05) is 13.0 Å². The molecule has 2 rings (SSSR count). The molecule has 1 aromatic carbocycles. The third-order valence-electron chi connectivity index (χ3n) is 3.99. The summed E-state index contributed by atoms with van der Waals surface area (Å²) in [6, 6.07) is 8.56. The fourth-order valence-corrected chi connectivity index (χ4v) is 2.82. The van der Waals surface area contributed by atoms with Crippen LogP contribution in [0.1, 0.15) is 37.3 Å². The summed E-state index contributed by atoms with van der Waals surface area (Å²) in [6.07, 6.45) is 3.61. The lowest BCUT2D eigenvalue weighted by molar-refractivity contribution is 0.0893. The second-order valence-electron chi connectivity index (χ2n) is 5.59. The Labute approximate surface area is 127 Å². The van der Waals surface area contributed by atoms with Gasteiger partial charge in [0.05, 0.1) is 17.4 Å². The molecule has 0 saturated carbocycles. The lowest BCUT2D eigenvalue weighted by atomic mass is 10.0. The summed E-state index contributed by atoms with van der Waals surface area (Å²) in [5.41, 5.74) is 2.98. The van der Waals surface area contributed by atoms with Gasteiger partial charge in [-0.3, -0.25) is 0 Å². The number of hydrogen-bond acceptors (Lipinski definition) is 4. The fraction of sp³-hybridized carbons (Fsp3) is 0.588. The minimum Gasteiger partial charge on any atom is -0.380 e. The van der Waals surface area contributed by atoms with E-state index in [1.807, 2.05) is 6.07 Å². The van der Waals surface area contributed by atoms with Crippen molar-refractivity contribution < 1.29 is 4.74 Å². The van der Waals surface area contributed by atoms with E-state index in [0.717, 1.165) is 56.7 Å². The van der Waals surface area contributed by atoms with E-state index in [1.54, 1.807) is 7.11 Å². The Morgan fingerprint density at radius 2 is 2.33 bits per heavy atom. The van der Waals surface area contributed by atoms with Crippen LogP contribution in [0.5, 0.6) is 0 Å². The fourth-order valence-electron chi connectivity index (χ4n) is 2.82. The maximum atomic E-state index is 9.44. The van der Waals surface area contributed by atoms with Gasteiger partial charge in [0, 0.05) is 26.7 Å². The number of ether oxygens (including phenoxy) is 1. The molecule has 0 aromatic heterocycles. The SMILES string of the molecule is CCCNCc1ccc(N2CCCC(OC)C2)c(C#N)c1. The zero-order valence-corrected chi connectivity index (χ0v) is 13.1. The van der Waals surface area contributed by atoms with Crippen LogP contribution in [0.25, 0.3) is 0 Å². The monoisotopic (exact) mass is 287 g/mol. The number of piperidine rings is 1. The number of anilines is 1. The Balaban J connectivity index is 2.10. The second-order valence-corrected chi connectivity index (χ2v) is 5.59. The van der Waals surface area contributed by atoms with Crippen LogP contribution in [0.3, 0.4) is 0 Å². The van der Waals surface area contributed by atoms with E-state index in [0.29, 0.717) is 0 Å². The molecule has 0 aliphatic carbocycles. The van der Waals surface area contributed by atoms with E-state index < -0.39 is 0 Å². The van der Waals surface area contributed by atoms with Gasteiger partial charge in [-0.15, -0.1) is 0 Å². The highest BCUT2D eigenvalue weighted by Gasteiger charge is 2.21. The molecular formula is C17H25N3O. The number of nitrogens with zero attached hydrogens (tertiary/aromatic N) is 2. The topological polar surface area (TPSA) is 48.3 Å². The number of methoxy groups -OCH3 is 1. The summed E-state index contributed by atoms with van der Waals surface area (Å²) >= 11 is 0. The molecule has 1 saturated heterocycles. The summed E-state index contributed by atoms with van der Waals surface area (Å²) in [6.45, 7) is 5.86. The number of rotatable bonds is 6. The van der Waals surface area contributed by atoms with Gasteiger partial charge in [-0.2, -0.15) is 5.26 Å². The molecule has 0 spiro atoms. The Bertz CT molecular complexity index is 495. The Morgan fingerprint density at radius 3 is 3.05 bits per heavy atom. The Hall–Kier alpha value is -1.57. The van der Waals surface area contributed by atoms with Gasteiger partial charge in [0.15, 0.2) is 0 Å². The highest BCUT2D eigenvalue weighted by molar-refractivity contribution is 5.60. The average Bonchev–Trinajstić information content (AvgIpc) is 2.55. The minimum atomic E-state index is 0.274. The van der Waals surface area contributed by atoms with Gasteiger partial charge in [-0.25, -0.2) is 0 Å². The van der Waals surface area contributed by atoms with Crippen LogP contribution in [0.2, 0.25) is 0 Å². The van der Waals surface area contributed by atoms with Gasteiger partial charge in [-0.05, 0) is 43.5 Å². The molecule has 4 nitrogen and oxygen atoms in total. The quantitative estimate of drug-likeness (QED) is 0.817. The highest BCUT2D eigenvalue weighted by atomic mass is 16.5. The van der Waals surface area contributed by atoms with Crippen molar-refractivity contribution in [1.29, 1.82) is 5.26 Å². The first-order valence-electron chi connectivity index (χ1n) is 7.80. The zero-order valence-electron chi connectivity index (χ0n) is 13.1. The second kappa shape index (κ2) is 8.02. The molecule has 1 aromatic rings. The molecule has 4 heteroatoms. The van der Waals surface area contributed by atoms with E-state index >= 15 is 0 Å². The maximum absolute atomic E-state index is 9.44. The number of hydrogen-bond donors (Lipinski definition) is 1. The normalized spacial score (nSPS) is 18.5. The third-order valence-corrected chi connectivity index (χ3v) is 3.99. The van der Waals surface area contributed by atoms with Crippen LogP contribution in [-0.4, -0.2) is 32.8 Å². The van der Waals surface area contributed by atoms with Crippen LogP contribution in [0, 0.1) is 11.3 Å². The van der Waals surface area contributed by atoms with Gasteiger partial charge in [0.2, 0.25) is 0 Å². The Kier molecular flexibility index (Phi) is 6.04. The molecule has 114 valence electrons. The molecule has 1 atom stereocenters. The summed E-state index contributed by atoms with van der Waals surface area (Å²) in [5, 5.41) is 12.8. The van der Waals surface area contributed by atoms with E-state index in [-0.39, 0.29) is 6.10 Å². The van der Waals surface area contributed by atoms with E-state index in [1.165, 1.54) is 5.56 Å². The first-order valence-corrected chi connectivity index (χ1v) is 7.80. The predicted molar refractivity (Wildman–Crippen MR) is 85.4 cm³/mol. The number of nitriles is 1. The molecule has 0 amide bonds. The largest absolute Gasteiger partial charge is 0.380 e. The molecule has 21 heavy (non-hydrogen) atoms. The number of nitrogens with one attached hydrogen (secondary N) is 1. The smallest absolute Gasteiger partial charge is 0.101 e. The predicted octanol–water partition coefficient (Wildman–Crippen LogP) is 2.67. The molecule has 1 heterocycles. The van der Waals surface area contributed by atoms with Crippen LogP contribution >= 0.6 is 0 Å². The van der Waals surface area contributed by atoms with E-state index in [4.69, 9.17) is 4.74 Å². The highest BCUT2D eigenvalue weighted by Crippen LogP contribution is 2.25.